The van der Waals surface area contributed by atoms with E-state index in [2.05, 4.69) is 34.2 Å². The zero-order valence-corrected chi connectivity index (χ0v) is 16.3. The summed E-state index contributed by atoms with van der Waals surface area (Å²) in [6.07, 6.45) is 10.6. The summed E-state index contributed by atoms with van der Waals surface area (Å²) in [5.41, 5.74) is 5.03. The number of nitrogens with one attached hydrogen (secondary N) is 1. The van der Waals surface area contributed by atoms with Crippen molar-refractivity contribution in [3.05, 3.63) is 64.9 Å². The molecule has 1 N–H and O–H groups in total. The Hall–Kier alpha value is -2.07. The van der Waals surface area contributed by atoms with Crippen molar-refractivity contribution >= 4 is 5.57 Å². The van der Waals surface area contributed by atoms with Crippen LogP contribution in [0.5, 0.6) is 0 Å². The van der Waals surface area contributed by atoms with E-state index in [1.807, 2.05) is 12.1 Å². The van der Waals surface area contributed by atoms with Gasteiger partial charge >= 0.3 is 0 Å². The summed E-state index contributed by atoms with van der Waals surface area (Å²) < 4.78 is 13.5. The fraction of sp³-hybridized carbons (Fsp3) is 0.478. The Morgan fingerprint density at radius 3 is 2.52 bits per heavy atom. The van der Waals surface area contributed by atoms with E-state index in [1.54, 1.807) is 12.1 Å². The Morgan fingerprint density at radius 1 is 1.00 bits per heavy atom. The van der Waals surface area contributed by atoms with Crippen LogP contribution in [0.2, 0.25) is 0 Å². The monoisotopic (exact) mass is 367 g/mol. The molecule has 0 amide bonds. The zero-order valence-electron chi connectivity index (χ0n) is 16.3. The molecule has 1 aliphatic carbocycles. The number of fused-ring (bicyclic) bond motifs is 1. The normalized spacial score (nSPS) is 23.6. The molecule has 2 heterocycles. The van der Waals surface area contributed by atoms with Crippen LogP contribution in [-0.4, -0.2) is 42.5 Å². The van der Waals surface area contributed by atoms with Gasteiger partial charge in [0.1, 0.15) is 11.6 Å². The fourth-order valence-corrected chi connectivity index (χ4v) is 4.29. The third-order valence-corrected chi connectivity index (χ3v) is 5.99. The molecule has 1 saturated heterocycles. The highest BCUT2D eigenvalue weighted by Crippen LogP contribution is 2.35. The number of halogens is 1. The van der Waals surface area contributed by atoms with Crippen LogP contribution in [0, 0.1) is 5.82 Å². The first-order chi connectivity index (χ1) is 13.2. The van der Waals surface area contributed by atoms with Gasteiger partial charge in [-0.05, 0) is 67.1 Å². The molecule has 1 aromatic carbocycles. The van der Waals surface area contributed by atoms with E-state index in [0.717, 1.165) is 51.1 Å². The lowest BCUT2D eigenvalue weighted by Gasteiger charge is -2.39. The molecule has 144 valence electrons. The molecule has 27 heavy (non-hydrogen) atoms. The van der Waals surface area contributed by atoms with Crippen LogP contribution in [0.3, 0.4) is 0 Å². The van der Waals surface area contributed by atoms with Crippen molar-refractivity contribution < 1.29 is 4.39 Å². The van der Waals surface area contributed by atoms with Crippen LogP contribution in [0.25, 0.3) is 5.57 Å². The molecular formula is C23H30FN3. The van der Waals surface area contributed by atoms with Gasteiger partial charge in [-0.2, -0.15) is 0 Å². The number of hydrogen-bond acceptors (Lipinski definition) is 3. The van der Waals surface area contributed by atoms with Gasteiger partial charge < -0.3 is 15.1 Å². The minimum atomic E-state index is -0.174. The molecule has 0 atom stereocenters. The zero-order chi connectivity index (χ0) is 18.6. The lowest BCUT2D eigenvalue weighted by Crippen LogP contribution is -2.48. The smallest absolute Gasteiger partial charge is 0.123 e. The molecule has 3 aliphatic rings. The Labute approximate surface area is 162 Å². The summed E-state index contributed by atoms with van der Waals surface area (Å²) in [5, 5.41) is 3.73. The summed E-state index contributed by atoms with van der Waals surface area (Å²) >= 11 is 0. The van der Waals surface area contributed by atoms with E-state index in [0.29, 0.717) is 0 Å². The van der Waals surface area contributed by atoms with Gasteiger partial charge in [0.05, 0.1) is 0 Å². The van der Waals surface area contributed by atoms with Crippen molar-refractivity contribution in [3.63, 3.8) is 0 Å². The number of benzene rings is 1. The van der Waals surface area contributed by atoms with Gasteiger partial charge in [0, 0.05) is 31.9 Å². The molecule has 0 unspecified atom stereocenters. The largest absolute Gasteiger partial charge is 0.356 e. The van der Waals surface area contributed by atoms with E-state index < -0.39 is 0 Å². The van der Waals surface area contributed by atoms with Crippen molar-refractivity contribution in [1.82, 2.24) is 15.1 Å². The Bertz CT molecular complexity index is 752. The van der Waals surface area contributed by atoms with Crippen LogP contribution in [0.15, 0.2) is 53.5 Å². The topological polar surface area (TPSA) is 18.5 Å². The highest BCUT2D eigenvalue weighted by Gasteiger charge is 2.24. The van der Waals surface area contributed by atoms with Crippen molar-refractivity contribution in [3.8, 4) is 0 Å². The minimum absolute atomic E-state index is 0.174. The highest BCUT2D eigenvalue weighted by atomic mass is 19.1. The number of likely N-dealkylation sites (N-methyl/N-ethyl adjacent to an activating group) is 1. The first kappa shape index (κ1) is 18.3. The molecule has 1 aromatic rings. The van der Waals surface area contributed by atoms with Crippen molar-refractivity contribution in [1.29, 1.82) is 0 Å². The van der Waals surface area contributed by atoms with Gasteiger partial charge in [0.15, 0.2) is 0 Å². The number of piperazine rings is 1. The molecule has 4 rings (SSSR count). The summed E-state index contributed by atoms with van der Waals surface area (Å²) in [6, 6.07) is 6.99. The van der Waals surface area contributed by atoms with Gasteiger partial charge in [-0.3, -0.25) is 0 Å². The molecule has 0 saturated carbocycles. The second-order valence-electron chi connectivity index (χ2n) is 7.69. The molecular weight excluding hydrogens is 337 g/mol. The lowest BCUT2D eigenvalue weighted by atomic mass is 9.89. The van der Waals surface area contributed by atoms with Crippen LogP contribution in [0.1, 0.15) is 44.6 Å². The van der Waals surface area contributed by atoms with E-state index in [-0.39, 0.29) is 5.82 Å². The van der Waals surface area contributed by atoms with Crippen molar-refractivity contribution in [2.24, 2.45) is 0 Å². The fourth-order valence-electron chi connectivity index (χ4n) is 4.29. The van der Waals surface area contributed by atoms with E-state index >= 15 is 0 Å². The lowest BCUT2D eigenvalue weighted by molar-refractivity contribution is 0.160. The highest BCUT2D eigenvalue weighted by molar-refractivity contribution is 5.81. The maximum Gasteiger partial charge on any atom is 0.123 e. The minimum Gasteiger partial charge on any atom is -0.356 e. The summed E-state index contributed by atoms with van der Waals surface area (Å²) in [5.74, 6) is 1.02. The van der Waals surface area contributed by atoms with Crippen LogP contribution < -0.4 is 5.32 Å². The quantitative estimate of drug-likeness (QED) is 0.848. The van der Waals surface area contributed by atoms with Crippen LogP contribution in [0.4, 0.5) is 4.39 Å². The third kappa shape index (κ3) is 4.11. The molecule has 0 spiro atoms. The first-order valence-corrected chi connectivity index (χ1v) is 10.4. The molecule has 1 fully saturated rings. The van der Waals surface area contributed by atoms with Gasteiger partial charge in [-0.15, -0.1) is 0 Å². The van der Waals surface area contributed by atoms with Gasteiger partial charge in [-0.25, -0.2) is 4.39 Å². The van der Waals surface area contributed by atoms with Crippen LogP contribution in [-0.2, 0) is 0 Å². The predicted molar refractivity (Wildman–Crippen MR) is 109 cm³/mol. The Kier molecular flexibility index (Phi) is 5.63. The van der Waals surface area contributed by atoms with Gasteiger partial charge in [0.25, 0.3) is 0 Å². The van der Waals surface area contributed by atoms with Crippen molar-refractivity contribution in [2.75, 3.05) is 32.7 Å². The second kappa shape index (κ2) is 8.30. The number of dihydropyridines is 1. The summed E-state index contributed by atoms with van der Waals surface area (Å²) in [7, 11) is 0. The molecule has 3 nitrogen and oxygen atoms in total. The van der Waals surface area contributed by atoms with E-state index in [9.17, 15) is 4.39 Å². The number of hydrogen-bond donors (Lipinski definition) is 1. The molecule has 0 bridgehead atoms. The van der Waals surface area contributed by atoms with Gasteiger partial charge in [0.2, 0.25) is 0 Å². The Morgan fingerprint density at radius 2 is 1.78 bits per heavy atom. The number of allylic oxidation sites excluding steroid dienone is 4. The molecule has 0 radical (unpaired) electrons. The molecule has 4 heteroatoms. The third-order valence-electron chi connectivity index (χ3n) is 5.99. The first-order valence-electron chi connectivity index (χ1n) is 10.4. The Balaban J connectivity index is 1.70. The maximum atomic E-state index is 13.5. The number of nitrogens with zero attached hydrogens (tertiary/aromatic N) is 2. The molecule has 0 aromatic heterocycles. The van der Waals surface area contributed by atoms with Crippen molar-refractivity contribution in [2.45, 2.75) is 39.0 Å². The van der Waals surface area contributed by atoms with E-state index in [1.165, 1.54) is 41.9 Å². The summed E-state index contributed by atoms with van der Waals surface area (Å²) in [4.78, 5) is 4.96. The molecule has 2 aliphatic heterocycles. The standard InChI is InChI=1S/C23H30FN3/c1-2-26-13-15-27(16-14-26)23-17-21(18-9-11-19(24)12-10-18)20-7-5-3-4-6-8-22(20)25-23/h8-12,17,25H,2-7,13-16H2,1H3/b22-8+. The second-order valence-corrected chi connectivity index (χ2v) is 7.69. The average Bonchev–Trinajstić information content (AvgIpc) is 2.69. The van der Waals surface area contributed by atoms with Crippen LogP contribution >= 0.6 is 0 Å². The predicted octanol–water partition coefficient (Wildman–Crippen LogP) is 4.51. The summed E-state index contributed by atoms with van der Waals surface area (Å²) in [6.45, 7) is 7.66. The SMILES string of the molecule is CCN1CCN(C2=CC(c3ccc(F)cc3)=C3CCCCC/C=C\3N2)CC1. The number of rotatable bonds is 3. The van der Waals surface area contributed by atoms with Gasteiger partial charge in [-0.1, -0.05) is 31.6 Å². The average molecular weight is 368 g/mol. The van der Waals surface area contributed by atoms with E-state index in [4.69, 9.17) is 0 Å². The maximum absolute atomic E-state index is 13.5.